The number of unbranched alkanes of at least 4 members (excludes halogenated alkanes) is 2. The first-order chi connectivity index (χ1) is 14.7. The molecule has 1 aliphatic heterocycles. The zero-order chi connectivity index (χ0) is 20.9. The average molecular weight is 407 g/mol. The van der Waals surface area contributed by atoms with Crippen LogP contribution in [0.25, 0.3) is 16.7 Å². The molecular formula is C24H34N6. The monoisotopic (exact) mass is 406 g/mol. The van der Waals surface area contributed by atoms with Crippen LogP contribution in [-0.4, -0.2) is 57.4 Å². The number of fused-ring (bicyclic) bond motifs is 1. The number of para-hydroxylation sites is 1. The molecule has 4 rings (SSSR count). The number of piperazine rings is 1. The van der Waals surface area contributed by atoms with E-state index in [1.165, 1.54) is 19.4 Å². The molecule has 0 spiro atoms. The third kappa shape index (κ3) is 4.33. The highest BCUT2D eigenvalue weighted by atomic mass is 15.3. The van der Waals surface area contributed by atoms with Crippen LogP contribution in [0.2, 0.25) is 0 Å². The Morgan fingerprint density at radius 3 is 2.33 bits per heavy atom. The summed E-state index contributed by atoms with van der Waals surface area (Å²) in [7, 11) is 0. The highest BCUT2D eigenvalue weighted by Gasteiger charge is 2.24. The predicted molar refractivity (Wildman–Crippen MR) is 124 cm³/mol. The standard InChI is InChI=1S/C24H34N6/c1-4-6-13-21-25-23(29-17-15-28(16-18-29)14-7-5-2)22-19(3)27-30(24(22)26-21)20-11-9-8-10-12-20/h8-12H,4-7,13-18H2,1-3H3. The Bertz CT molecular complexity index is 957. The Labute approximate surface area is 179 Å². The van der Waals surface area contributed by atoms with Gasteiger partial charge < -0.3 is 4.90 Å². The molecule has 0 radical (unpaired) electrons. The Balaban J connectivity index is 1.72. The van der Waals surface area contributed by atoms with Crippen LogP contribution in [-0.2, 0) is 6.42 Å². The van der Waals surface area contributed by atoms with E-state index < -0.39 is 0 Å². The van der Waals surface area contributed by atoms with Crippen molar-refractivity contribution in [2.24, 2.45) is 0 Å². The molecule has 1 aliphatic rings. The van der Waals surface area contributed by atoms with Crippen molar-refractivity contribution < 1.29 is 0 Å². The molecule has 3 heterocycles. The molecule has 6 nitrogen and oxygen atoms in total. The van der Waals surface area contributed by atoms with Gasteiger partial charge in [0.05, 0.1) is 16.8 Å². The first kappa shape index (κ1) is 20.8. The number of benzene rings is 1. The molecule has 3 aromatic rings. The molecule has 0 bridgehead atoms. The van der Waals surface area contributed by atoms with E-state index in [1.54, 1.807) is 0 Å². The normalized spacial score (nSPS) is 15.2. The maximum atomic E-state index is 5.06. The second-order valence-corrected chi connectivity index (χ2v) is 8.28. The topological polar surface area (TPSA) is 50.1 Å². The van der Waals surface area contributed by atoms with Crippen LogP contribution in [0.3, 0.4) is 0 Å². The van der Waals surface area contributed by atoms with Crippen molar-refractivity contribution >= 4 is 16.9 Å². The van der Waals surface area contributed by atoms with Gasteiger partial charge in [0.1, 0.15) is 11.6 Å². The van der Waals surface area contributed by atoms with E-state index in [4.69, 9.17) is 15.1 Å². The van der Waals surface area contributed by atoms with E-state index >= 15 is 0 Å². The fourth-order valence-electron chi connectivity index (χ4n) is 4.20. The van der Waals surface area contributed by atoms with Crippen molar-refractivity contribution in [3.05, 3.63) is 41.9 Å². The summed E-state index contributed by atoms with van der Waals surface area (Å²) in [6.45, 7) is 12.0. The molecule has 30 heavy (non-hydrogen) atoms. The average Bonchev–Trinajstić information content (AvgIpc) is 3.13. The summed E-state index contributed by atoms with van der Waals surface area (Å²) in [5.74, 6) is 2.01. The minimum atomic E-state index is 0.912. The molecule has 1 fully saturated rings. The summed E-state index contributed by atoms with van der Waals surface area (Å²) in [5, 5.41) is 5.97. The molecule has 0 unspecified atom stereocenters. The zero-order valence-electron chi connectivity index (χ0n) is 18.6. The summed E-state index contributed by atoms with van der Waals surface area (Å²) < 4.78 is 1.99. The number of aryl methyl sites for hydroxylation is 2. The Kier molecular flexibility index (Phi) is 6.62. The highest BCUT2D eigenvalue weighted by molar-refractivity contribution is 5.91. The fourth-order valence-corrected chi connectivity index (χ4v) is 4.20. The number of rotatable bonds is 8. The zero-order valence-corrected chi connectivity index (χ0v) is 18.6. The van der Waals surface area contributed by atoms with E-state index in [-0.39, 0.29) is 0 Å². The molecule has 0 N–H and O–H groups in total. The van der Waals surface area contributed by atoms with Gasteiger partial charge in [0.15, 0.2) is 5.65 Å². The van der Waals surface area contributed by atoms with Crippen molar-refractivity contribution in [3.63, 3.8) is 0 Å². The lowest BCUT2D eigenvalue weighted by Gasteiger charge is -2.35. The van der Waals surface area contributed by atoms with Crippen LogP contribution < -0.4 is 4.90 Å². The SMILES string of the molecule is CCCCc1nc(N2CCN(CCCC)CC2)c2c(C)nn(-c3ccccc3)c2n1. The van der Waals surface area contributed by atoms with Gasteiger partial charge >= 0.3 is 0 Å². The third-order valence-electron chi connectivity index (χ3n) is 5.98. The van der Waals surface area contributed by atoms with E-state index in [9.17, 15) is 0 Å². The lowest BCUT2D eigenvalue weighted by Crippen LogP contribution is -2.47. The Morgan fingerprint density at radius 1 is 0.900 bits per heavy atom. The number of hydrogen-bond acceptors (Lipinski definition) is 5. The second-order valence-electron chi connectivity index (χ2n) is 8.28. The van der Waals surface area contributed by atoms with Gasteiger partial charge in [-0.3, -0.25) is 4.90 Å². The van der Waals surface area contributed by atoms with E-state index in [2.05, 4.69) is 42.7 Å². The van der Waals surface area contributed by atoms with Crippen molar-refractivity contribution in [1.29, 1.82) is 0 Å². The maximum absolute atomic E-state index is 5.06. The minimum absolute atomic E-state index is 0.912. The van der Waals surface area contributed by atoms with Crippen molar-refractivity contribution in [2.75, 3.05) is 37.6 Å². The first-order valence-corrected chi connectivity index (χ1v) is 11.5. The van der Waals surface area contributed by atoms with Gasteiger partial charge in [-0.25, -0.2) is 14.6 Å². The molecule has 0 atom stereocenters. The van der Waals surface area contributed by atoms with Gasteiger partial charge in [0.2, 0.25) is 0 Å². The number of aromatic nitrogens is 4. The largest absolute Gasteiger partial charge is 0.353 e. The molecule has 6 heteroatoms. The summed E-state index contributed by atoms with van der Waals surface area (Å²) in [5.41, 5.74) is 2.98. The van der Waals surface area contributed by atoms with Crippen molar-refractivity contribution in [1.82, 2.24) is 24.6 Å². The molecule has 0 amide bonds. The van der Waals surface area contributed by atoms with Crippen LogP contribution in [0.15, 0.2) is 30.3 Å². The summed E-state index contributed by atoms with van der Waals surface area (Å²) in [6, 6.07) is 10.3. The number of anilines is 1. The van der Waals surface area contributed by atoms with Crippen LogP contribution in [0, 0.1) is 6.92 Å². The van der Waals surface area contributed by atoms with Gasteiger partial charge in [-0.2, -0.15) is 5.10 Å². The molecular weight excluding hydrogens is 372 g/mol. The molecule has 0 aliphatic carbocycles. The third-order valence-corrected chi connectivity index (χ3v) is 5.98. The Morgan fingerprint density at radius 2 is 1.63 bits per heavy atom. The van der Waals surface area contributed by atoms with E-state index in [0.717, 1.165) is 79.5 Å². The maximum Gasteiger partial charge on any atom is 0.168 e. The van der Waals surface area contributed by atoms with Crippen molar-refractivity contribution in [3.8, 4) is 5.69 Å². The molecule has 2 aromatic heterocycles. The van der Waals surface area contributed by atoms with Gasteiger partial charge in [0.25, 0.3) is 0 Å². The summed E-state index contributed by atoms with van der Waals surface area (Å²) in [4.78, 5) is 15.1. The van der Waals surface area contributed by atoms with E-state index in [0.29, 0.717) is 0 Å². The second kappa shape index (κ2) is 9.56. The molecule has 0 saturated carbocycles. The lowest BCUT2D eigenvalue weighted by molar-refractivity contribution is 0.254. The summed E-state index contributed by atoms with van der Waals surface area (Å²) in [6.07, 6.45) is 5.69. The predicted octanol–water partition coefficient (Wildman–Crippen LogP) is 4.39. The fraction of sp³-hybridized carbons (Fsp3) is 0.542. The number of nitrogens with zero attached hydrogens (tertiary/aromatic N) is 6. The molecule has 1 aromatic carbocycles. The van der Waals surface area contributed by atoms with Gasteiger partial charge in [0, 0.05) is 32.6 Å². The van der Waals surface area contributed by atoms with Gasteiger partial charge in [-0.05, 0) is 38.4 Å². The lowest BCUT2D eigenvalue weighted by atomic mass is 10.2. The summed E-state index contributed by atoms with van der Waals surface area (Å²) >= 11 is 0. The Hall–Kier alpha value is -2.47. The van der Waals surface area contributed by atoms with Gasteiger partial charge in [-0.1, -0.05) is 44.9 Å². The first-order valence-electron chi connectivity index (χ1n) is 11.5. The number of hydrogen-bond donors (Lipinski definition) is 0. The van der Waals surface area contributed by atoms with Crippen LogP contribution in [0.5, 0.6) is 0 Å². The van der Waals surface area contributed by atoms with Crippen LogP contribution >= 0.6 is 0 Å². The van der Waals surface area contributed by atoms with E-state index in [1.807, 2.05) is 22.9 Å². The van der Waals surface area contributed by atoms with Crippen molar-refractivity contribution in [2.45, 2.75) is 52.9 Å². The van der Waals surface area contributed by atoms with Crippen LogP contribution in [0.1, 0.15) is 51.0 Å². The highest BCUT2D eigenvalue weighted by Crippen LogP contribution is 2.30. The molecule has 160 valence electrons. The quantitative estimate of drug-likeness (QED) is 0.555. The smallest absolute Gasteiger partial charge is 0.168 e. The molecule has 1 saturated heterocycles. The minimum Gasteiger partial charge on any atom is -0.353 e. The van der Waals surface area contributed by atoms with Gasteiger partial charge in [-0.15, -0.1) is 0 Å². The van der Waals surface area contributed by atoms with Crippen LogP contribution in [0.4, 0.5) is 5.82 Å².